The molecule has 0 aliphatic heterocycles. The second-order valence-electron chi connectivity index (χ2n) is 5.51. The molecule has 0 atom stereocenters. The maximum Gasteiger partial charge on any atom is 0.371 e. The van der Waals surface area contributed by atoms with E-state index >= 15 is 0 Å². The number of carbonyl (C=O) groups excluding carboxylic acids is 1. The summed E-state index contributed by atoms with van der Waals surface area (Å²) >= 11 is 0. The number of hydrogen-bond acceptors (Lipinski definition) is 3. The van der Waals surface area contributed by atoms with Crippen LogP contribution in [0.2, 0.25) is 0 Å². The number of rotatable bonds is 6. The first-order valence-corrected chi connectivity index (χ1v) is 6.84. The molecule has 0 aromatic carbocycles. The monoisotopic (exact) mass is 280 g/mol. The smallest absolute Gasteiger partial charge is 0.371 e. The molecule has 1 saturated carbocycles. The summed E-state index contributed by atoms with van der Waals surface area (Å²) in [6, 6.07) is 3.18. The van der Waals surface area contributed by atoms with E-state index in [0.29, 0.717) is 17.7 Å². The van der Waals surface area contributed by atoms with Crippen LogP contribution in [0.4, 0.5) is 4.79 Å². The molecule has 20 heavy (non-hydrogen) atoms. The second kappa shape index (κ2) is 5.98. The Morgan fingerprint density at radius 2 is 2.15 bits per heavy atom. The van der Waals surface area contributed by atoms with E-state index in [1.54, 1.807) is 6.07 Å². The van der Waals surface area contributed by atoms with E-state index in [2.05, 4.69) is 19.2 Å². The van der Waals surface area contributed by atoms with Crippen LogP contribution in [0.5, 0.6) is 0 Å². The molecule has 6 heteroatoms. The minimum atomic E-state index is -1.11. The minimum absolute atomic E-state index is 0.115. The third-order valence-electron chi connectivity index (χ3n) is 3.10. The first-order chi connectivity index (χ1) is 9.47. The molecule has 2 N–H and O–H groups in total. The van der Waals surface area contributed by atoms with Crippen molar-refractivity contribution >= 4 is 12.0 Å². The van der Waals surface area contributed by atoms with Crippen molar-refractivity contribution in [1.82, 2.24) is 10.2 Å². The Kier molecular flexibility index (Phi) is 4.32. The zero-order valence-electron chi connectivity index (χ0n) is 11.8. The van der Waals surface area contributed by atoms with Crippen LogP contribution >= 0.6 is 0 Å². The van der Waals surface area contributed by atoms with Crippen molar-refractivity contribution in [3.05, 3.63) is 23.7 Å². The van der Waals surface area contributed by atoms with Crippen molar-refractivity contribution in [2.45, 2.75) is 39.3 Å². The molecule has 1 aromatic heterocycles. The van der Waals surface area contributed by atoms with Gasteiger partial charge in [0.1, 0.15) is 5.76 Å². The van der Waals surface area contributed by atoms with E-state index in [1.807, 2.05) is 4.90 Å². The molecular formula is C14H20N2O4. The molecular weight excluding hydrogens is 260 g/mol. The van der Waals surface area contributed by atoms with E-state index in [0.717, 1.165) is 19.4 Å². The van der Waals surface area contributed by atoms with Gasteiger partial charge in [0.05, 0.1) is 6.54 Å². The molecule has 1 fully saturated rings. The molecule has 110 valence electrons. The fourth-order valence-corrected chi connectivity index (χ4v) is 2.03. The van der Waals surface area contributed by atoms with Gasteiger partial charge < -0.3 is 19.7 Å². The van der Waals surface area contributed by atoms with Crippen LogP contribution < -0.4 is 5.32 Å². The average Bonchev–Trinajstić information content (AvgIpc) is 3.10. The van der Waals surface area contributed by atoms with Crippen molar-refractivity contribution in [1.29, 1.82) is 0 Å². The molecule has 0 radical (unpaired) electrons. The zero-order chi connectivity index (χ0) is 14.7. The molecule has 1 aliphatic rings. The molecule has 1 heterocycles. The summed E-state index contributed by atoms with van der Waals surface area (Å²) in [5.41, 5.74) is 0. The van der Waals surface area contributed by atoms with Crippen molar-refractivity contribution in [2.75, 3.05) is 6.54 Å². The molecule has 6 nitrogen and oxygen atoms in total. The van der Waals surface area contributed by atoms with Crippen LogP contribution in [0, 0.1) is 5.92 Å². The van der Waals surface area contributed by atoms with Gasteiger partial charge in [0.15, 0.2) is 0 Å². The predicted molar refractivity (Wildman–Crippen MR) is 72.5 cm³/mol. The highest BCUT2D eigenvalue weighted by Crippen LogP contribution is 2.27. The van der Waals surface area contributed by atoms with Gasteiger partial charge in [0.2, 0.25) is 5.76 Å². The average molecular weight is 280 g/mol. The van der Waals surface area contributed by atoms with E-state index < -0.39 is 5.97 Å². The Labute approximate surface area is 117 Å². The summed E-state index contributed by atoms with van der Waals surface area (Å²) in [7, 11) is 0. The molecule has 0 bridgehead atoms. The molecule has 1 aromatic rings. The number of aromatic carboxylic acids is 1. The Hall–Kier alpha value is -1.98. The van der Waals surface area contributed by atoms with Crippen LogP contribution in [0.3, 0.4) is 0 Å². The highest BCUT2D eigenvalue weighted by atomic mass is 16.4. The minimum Gasteiger partial charge on any atom is -0.475 e. The van der Waals surface area contributed by atoms with Gasteiger partial charge in [-0.25, -0.2) is 9.59 Å². The summed E-state index contributed by atoms with van der Waals surface area (Å²) in [6.07, 6.45) is 2.12. The van der Waals surface area contributed by atoms with E-state index in [9.17, 15) is 9.59 Å². The number of hydrogen-bond donors (Lipinski definition) is 2. The SMILES string of the molecule is CC(C)CN(C(=O)NCc1ccc(C(=O)O)o1)C1CC1. The summed E-state index contributed by atoms with van der Waals surface area (Å²) < 4.78 is 5.10. The van der Waals surface area contributed by atoms with E-state index in [-0.39, 0.29) is 18.3 Å². The Morgan fingerprint density at radius 1 is 1.45 bits per heavy atom. The molecule has 2 rings (SSSR count). The largest absolute Gasteiger partial charge is 0.475 e. The predicted octanol–water partition coefficient (Wildman–Crippen LogP) is 2.31. The quantitative estimate of drug-likeness (QED) is 0.837. The normalized spacial score (nSPS) is 14.3. The summed E-state index contributed by atoms with van der Waals surface area (Å²) in [5, 5.41) is 11.5. The van der Waals surface area contributed by atoms with Crippen LogP contribution in [-0.4, -0.2) is 34.6 Å². The number of urea groups is 1. The maximum atomic E-state index is 12.1. The van der Waals surface area contributed by atoms with Gasteiger partial charge in [-0.15, -0.1) is 0 Å². The second-order valence-corrected chi connectivity index (χ2v) is 5.51. The van der Waals surface area contributed by atoms with Gasteiger partial charge in [0.25, 0.3) is 0 Å². The van der Waals surface area contributed by atoms with Gasteiger partial charge >= 0.3 is 12.0 Å². The van der Waals surface area contributed by atoms with Crippen LogP contribution in [0.15, 0.2) is 16.5 Å². The van der Waals surface area contributed by atoms with Crippen molar-refractivity contribution in [2.24, 2.45) is 5.92 Å². The number of amides is 2. The fourth-order valence-electron chi connectivity index (χ4n) is 2.03. The summed E-state index contributed by atoms with van der Waals surface area (Å²) in [4.78, 5) is 24.7. The first-order valence-electron chi connectivity index (χ1n) is 6.84. The lowest BCUT2D eigenvalue weighted by atomic mass is 10.2. The van der Waals surface area contributed by atoms with E-state index in [4.69, 9.17) is 9.52 Å². The highest BCUT2D eigenvalue weighted by Gasteiger charge is 2.32. The Bertz CT molecular complexity index is 491. The lowest BCUT2D eigenvalue weighted by Gasteiger charge is -2.24. The summed E-state index contributed by atoms with van der Waals surface area (Å²) in [5.74, 6) is -0.364. The summed E-state index contributed by atoms with van der Waals surface area (Å²) in [6.45, 7) is 5.09. The third-order valence-corrected chi connectivity index (χ3v) is 3.10. The number of nitrogens with zero attached hydrogens (tertiary/aromatic N) is 1. The molecule has 0 unspecified atom stereocenters. The van der Waals surface area contributed by atoms with Crippen molar-refractivity contribution in [3.8, 4) is 0 Å². The third kappa shape index (κ3) is 3.76. The van der Waals surface area contributed by atoms with Crippen LogP contribution in [0.1, 0.15) is 43.0 Å². The molecule has 0 saturated heterocycles. The number of carboxylic acids is 1. The standard InChI is InChI=1S/C14H20N2O4/c1-9(2)8-16(10-3-4-10)14(19)15-7-11-5-6-12(20-11)13(17)18/h5-6,9-10H,3-4,7-8H2,1-2H3,(H,15,19)(H,17,18). The molecule has 2 amide bonds. The molecule has 1 aliphatic carbocycles. The Morgan fingerprint density at radius 3 is 2.65 bits per heavy atom. The van der Waals surface area contributed by atoms with Gasteiger partial charge in [-0.3, -0.25) is 0 Å². The van der Waals surface area contributed by atoms with Crippen molar-refractivity contribution in [3.63, 3.8) is 0 Å². The zero-order valence-corrected chi connectivity index (χ0v) is 11.8. The topological polar surface area (TPSA) is 82.8 Å². The maximum absolute atomic E-state index is 12.1. The lowest BCUT2D eigenvalue weighted by Crippen LogP contribution is -2.42. The van der Waals surface area contributed by atoms with Gasteiger partial charge in [-0.05, 0) is 30.9 Å². The first kappa shape index (κ1) is 14.4. The fraction of sp³-hybridized carbons (Fsp3) is 0.571. The van der Waals surface area contributed by atoms with Gasteiger partial charge in [-0.1, -0.05) is 13.8 Å². The van der Waals surface area contributed by atoms with Crippen LogP contribution in [0.25, 0.3) is 0 Å². The molecule has 0 spiro atoms. The number of carboxylic acid groups (broad SMARTS) is 1. The van der Waals surface area contributed by atoms with Gasteiger partial charge in [0, 0.05) is 12.6 Å². The number of furan rings is 1. The number of carbonyl (C=O) groups is 2. The van der Waals surface area contributed by atoms with Gasteiger partial charge in [-0.2, -0.15) is 0 Å². The van der Waals surface area contributed by atoms with Crippen molar-refractivity contribution < 1.29 is 19.1 Å². The highest BCUT2D eigenvalue weighted by molar-refractivity contribution is 5.84. The number of nitrogens with one attached hydrogen (secondary N) is 1. The van der Waals surface area contributed by atoms with E-state index in [1.165, 1.54) is 6.07 Å². The lowest BCUT2D eigenvalue weighted by molar-refractivity contribution is 0.0660. The van der Waals surface area contributed by atoms with Crippen LogP contribution in [-0.2, 0) is 6.54 Å². The Balaban J connectivity index is 1.87.